The first kappa shape index (κ1) is 13.4. The number of carbonyl (C=O) groups is 1. The lowest BCUT2D eigenvalue weighted by atomic mass is 10.1. The Bertz CT molecular complexity index is 357. The SMILES string of the molecule is CC(C)C(=O)/C=C/CN1CCS(=O)(=O)CC1. The number of carbonyl (C=O) groups excluding carboxylic acids is 1. The maximum atomic E-state index is 11.3. The normalized spacial score (nSPS) is 21.7. The summed E-state index contributed by atoms with van der Waals surface area (Å²) in [6.45, 7) is 5.53. The van der Waals surface area contributed by atoms with Gasteiger partial charge >= 0.3 is 0 Å². The molecule has 0 aromatic rings. The average Bonchev–Trinajstić information content (AvgIpc) is 2.20. The minimum absolute atomic E-state index is 0.0259. The van der Waals surface area contributed by atoms with Gasteiger partial charge in [0.15, 0.2) is 15.6 Å². The second-order valence-electron chi connectivity index (χ2n) is 4.41. The monoisotopic (exact) mass is 245 g/mol. The highest BCUT2D eigenvalue weighted by atomic mass is 32.2. The number of rotatable bonds is 4. The molecule has 0 bridgehead atoms. The molecule has 0 radical (unpaired) electrons. The van der Waals surface area contributed by atoms with Gasteiger partial charge in [0, 0.05) is 25.6 Å². The Morgan fingerprint density at radius 1 is 1.31 bits per heavy atom. The Labute approximate surface area is 97.2 Å². The number of hydrogen-bond acceptors (Lipinski definition) is 4. The summed E-state index contributed by atoms with van der Waals surface area (Å²) in [7, 11) is -2.80. The van der Waals surface area contributed by atoms with E-state index < -0.39 is 9.84 Å². The van der Waals surface area contributed by atoms with Crippen molar-refractivity contribution in [2.45, 2.75) is 13.8 Å². The largest absolute Gasteiger partial charge is 0.298 e. The van der Waals surface area contributed by atoms with E-state index >= 15 is 0 Å². The minimum Gasteiger partial charge on any atom is -0.298 e. The van der Waals surface area contributed by atoms with Crippen molar-refractivity contribution in [3.05, 3.63) is 12.2 Å². The van der Waals surface area contributed by atoms with Crippen LogP contribution < -0.4 is 0 Å². The third-order valence-corrected chi connectivity index (χ3v) is 4.26. The second kappa shape index (κ2) is 5.59. The van der Waals surface area contributed by atoms with Crippen LogP contribution in [0, 0.1) is 5.92 Å². The average molecular weight is 245 g/mol. The van der Waals surface area contributed by atoms with Crippen molar-refractivity contribution in [1.29, 1.82) is 0 Å². The number of sulfone groups is 1. The van der Waals surface area contributed by atoms with Crippen LogP contribution in [0.2, 0.25) is 0 Å². The molecular formula is C11H19NO3S. The van der Waals surface area contributed by atoms with Crippen LogP contribution in [0.4, 0.5) is 0 Å². The van der Waals surface area contributed by atoms with Crippen molar-refractivity contribution < 1.29 is 13.2 Å². The summed E-state index contributed by atoms with van der Waals surface area (Å²) < 4.78 is 22.3. The van der Waals surface area contributed by atoms with Gasteiger partial charge in [-0.2, -0.15) is 0 Å². The lowest BCUT2D eigenvalue weighted by Crippen LogP contribution is -2.40. The van der Waals surface area contributed by atoms with Gasteiger partial charge in [-0.05, 0) is 6.08 Å². The van der Waals surface area contributed by atoms with Gasteiger partial charge in [-0.15, -0.1) is 0 Å². The highest BCUT2D eigenvalue weighted by Gasteiger charge is 2.20. The third-order valence-electron chi connectivity index (χ3n) is 2.65. The van der Waals surface area contributed by atoms with Gasteiger partial charge in [0.2, 0.25) is 0 Å². The third kappa shape index (κ3) is 4.45. The summed E-state index contributed by atoms with van der Waals surface area (Å²) in [4.78, 5) is 13.3. The highest BCUT2D eigenvalue weighted by molar-refractivity contribution is 7.91. The number of hydrogen-bond donors (Lipinski definition) is 0. The van der Waals surface area contributed by atoms with Crippen LogP contribution in [-0.2, 0) is 14.6 Å². The van der Waals surface area contributed by atoms with Crippen molar-refractivity contribution in [3.63, 3.8) is 0 Å². The summed E-state index contributed by atoms with van der Waals surface area (Å²) in [5.74, 6) is 0.611. The quantitative estimate of drug-likeness (QED) is 0.677. The first-order valence-corrected chi connectivity index (χ1v) is 7.36. The maximum absolute atomic E-state index is 11.3. The Hall–Kier alpha value is -0.680. The molecule has 0 aliphatic carbocycles. The fourth-order valence-corrected chi connectivity index (χ4v) is 2.72. The standard InChI is InChI=1S/C11H19NO3S/c1-10(2)11(13)4-3-5-12-6-8-16(14,15)9-7-12/h3-4,10H,5-9H2,1-2H3/b4-3+. The zero-order chi connectivity index (χ0) is 12.2. The van der Waals surface area contributed by atoms with E-state index in [0.29, 0.717) is 19.6 Å². The number of allylic oxidation sites excluding steroid dienone is 1. The van der Waals surface area contributed by atoms with Crippen molar-refractivity contribution in [1.82, 2.24) is 4.90 Å². The molecule has 5 heteroatoms. The van der Waals surface area contributed by atoms with Crippen LogP contribution in [0.1, 0.15) is 13.8 Å². The predicted octanol–water partition coefficient (Wildman–Crippen LogP) is 0.498. The zero-order valence-electron chi connectivity index (χ0n) is 9.85. The molecule has 1 aliphatic heterocycles. The van der Waals surface area contributed by atoms with E-state index in [9.17, 15) is 13.2 Å². The van der Waals surface area contributed by atoms with Gasteiger partial charge in [-0.25, -0.2) is 8.42 Å². The van der Waals surface area contributed by atoms with Crippen LogP contribution >= 0.6 is 0 Å². The second-order valence-corrected chi connectivity index (χ2v) is 6.72. The van der Waals surface area contributed by atoms with E-state index in [1.54, 1.807) is 6.08 Å². The molecule has 1 heterocycles. The molecule has 0 atom stereocenters. The van der Waals surface area contributed by atoms with Crippen LogP contribution in [0.25, 0.3) is 0 Å². The molecule has 1 rings (SSSR count). The van der Waals surface area contributed by atoms with Gasteiger partial charge in [0.1, 0.15) is 0 Å². The smallest absolute Gasteiger partial charge is 0.157 e. The molecule has 92 valence electrons. The molecule has 4 nitrogen and oxygen atoms in total. The molecule has 16 heavy (non-hydrogen) atoms. The molecule has 0 aromatic carbocycles. The molecule has 0 saturated carbocycles. The molecule has 0 spiro atoms. The molecule has 0 amide bonds. The van der Waals surface area contributed by atoms with E-state index in [1.807, 2.05) is 24.8 Å². The summed E-state index contributed by atoms with van der Waals surface area (Å²) >= 11 is 0. The first-order valence-electron chi connectivity index (χ1n) is 5.54. The minimum atomic E-state index is -2.80. The molecule has 0 N–H and O–H groups in total. The van der Waals surface area contributed by atoms with Crippen LogP contribution in [-0.4, -0.2) is 50.2 Å². The van der Waals surface area contributed by atoms with Gasteiger partial charge in [0.05, 0.1) is 11.5 Å². The Kier molecular flexibility index (Phi) is 4.68. The maximum Gasteiger partial charge on any atom is 0.157 e. The van der Waals surface area contributed by atoms with Crippen molar-refractivity contribution in [2.75, 3.05) is 31.1 Å². The van der Waals surface area contributed by atoms with E-state index in [1.165, 1.54) is 0 Å². The molecule has 0 unspecified atom stereocenters. The van der Waals surface area contributed by atoms with Crippen LogP contribution in [0.15, 0.2) is 12.2 Å². The lowest BCUT2D eigenvalue weighted by Gasteiger charge is -2.24. The van der Waals surface area contributed by atoms with E-state index in [2.05, 4.69) is 0 Å². The van der Waals surface area contributed by atoms with Crippen molar-refractivity contribution >= 4 is 15.6 Å². The molecule has 1 fully saturated rings. The molecule has 0 aromatic heterocycles. The van der Waals surface area contributed by atoms with Crippen LogP contribution in [0.5, 0.6) is 0 Å². The zero-order valence-corrected chi connectivity index (χ0v) is 10.7. The van der Waals surface area contributed by atoms with Gasteiger partial charge in [-0.1, -0.05) is 19.9 Å². The van der Waals surface area contributed by atoms with Crippen molar-refractivity contribution in [2.24, 2.45) is 5.92 Å². The number of ketones is 1. The topological polar surface area (TPSA) is 54.5 Å². The molecule has 1 aliphatic rings. The Morgan fingerprint density at radius 2 is 1.88 bits per heavy atom. The fraction of sp³-hybridized carbons (Fsp3) is 0.727. The van der Waals surface area contributed by atoms with Crippen molar-refractivity contribution in [3.8, 4) is 0 Å². The van der Waals surface area contributed by atoms with Gasteiger partial charge in [-0.3, -0.25) is 9.69 Å². The van der Waals surface area contributed by atoms with Gasteiger partial charge in [0.25, 0.3) is 0 Å². The lowest BCUT2D eigenvalue weighted by molar-refractivity contribution is -0.117. The Morgan fingerprint density at radius 3 is 2.38 bits per heavy atom. The van der Waals surface area contributed by atoms with E-state index in [4.69, 9.17) is 0 Å². The predicted molar refractivity (Wildman–Crippen MR) is 64.1 cm³/mol. The summed E-state index contributed by atoms with van der Waals surface area (Å²) in [5, 5.41) is 0. The van der Waals surface area contributed by atoms with E-state index in [0.717, 1.165) is 0 Å². The summed E-state index contributed by atoms with van der Waals surface area (Å²) in [5.41, 5.74) is 0. The fourth-order valence-electron chi connectivity index (χ4n) is 1.44. The number of nitrogens with zero attached hydrogens (tertiary/aromatic N) is 1. The summed E-state index contributed by atoms with van der Waals surface area (Å²) in [6.07, 6.45) is 3.41. The van der Waals surface area contributed by atoms with Gasteiger partial charge < -0.3 is 0 Å². The summed E-state index contributed by atoms with van der Waals surface area (Å²) in [6, 6.07) is 0. The van der Waals surface area contributed by atoms with E-state index in [-0.39, 0.29) is 23.2 Å². The first-order chi connectivity index (χ1) is 7.41. The Balaban J connectivity index is 2.33. The molecule has 1 saturated heterocycles. The molecular weight excluding hydrogens is 226 g/mol. The van der Waals surface area contributed by atoms with Crippen LogP contribution in [0.3, 0.4) is 0 Å². The highest BCUT2D eigenvalue weighted by Crippen LogP contribution is 2.03.